The number of hydrogen-bond acceptors (Lipinski definition) is 5. The van der Waals surface area contributed by atoms with Crippen molar-refractivity contribution in [3.8, 4) is 6.07 Å². The Morgan fingerprint density at radius 1 is 1.41 bits per heavy atom. The average Bonchev–Trinajstić information content (AvgIpc) is 3.24. The van der Waals surface area contributed by atoms with E-state index < -0.39 is 11.4 Å². The van der Waals surface area contributed by atoms with E-state index in [9.17, 15) is 14.9 Å². The summed E-state index contributed by atoms with van der Waals surface area (Å²) in [6.45, 7) is 7.88. The maximum absolute atomic E-state index is 13.0. The highest BCUT2D eigenvalue weighted by Crippen LogP contribution is 2.36. The minimum atomic E-state index is -0.528. The second-order valence-corrected chi connectivity index (χ2v) is 8.32. The van der Waals surface area contributed by atoms with Gasteiger partial charge in [-0.2, -0.15) is 5.26 Å². The van der Waals surface area contributed by atoms with E-state index in [0.29, 0.717) is 22.8 Å². The SMILES string of the molecule is CC(C)OC(=O)C1=CN(C(=O)c2cccs2)CC(C)(C)c2cc(C#N)[nH]c21. The third-order valence-corrected chi connectivity index (χ3v) is 5.20. The van der Waals surface area contributed by atoms with Crippen molar-refractivity contribution in [3.05, 3.63) is 51.6 Å². The van der Waals surface area contributed by atoms with Gasteiger partial charge in [0.05, 0.1) is 22.2 Å². The Morgan fingerprint density at radius 2 is 2.15 bits per heavy atom. The van der Waals surface area contributed by atoms with Gasteiger partial charge in [-0.25, -0.2) is 4.79 Å². The number of rotatable bonds is 3. The summed E-state index contributed by atoms with van der Waals surface area (Å²) in [5, 5.41) is 11.1. The molecular weight excluding hydrogens is 362 g/mol. The summed E-state index contributed by atoms with van der Waals surface area (Å²) in [6, 6.07) is 7.41. The van der Waals surface area contributed by atoms with Crippen molar-refractivity contribution in [1.29, 1.82) is 5.26 Å². The Labute approximate surface area is 162 Å². The highest BCUT2D eigenvalue weighted by atomic mass is 32.1. The van der Waals surface area contributed by atoms with Gasteiger partial charge in [0.2, 0.25) is 0 Å². The summed E-state index contributed by atoms with van der Waals surface area (Å²) in [6.07, 6.45) is 1.24. The van der Waals surface area contributed by atoms with Crippen LogP contribution in [0.1, 0.15) is 54.3 Å². The second-order valence-electron chi connectivity index (χ2n) is 7.37. The molecule has 0 aliphatic carbocycles. The zero-order chi connectivity index (χ0) is 19.8. The monoisotopic (exact) mass is 383 g/mol. The van der Waals surface area contributed by atoms with Crippen molar-refractivity contribution in [2.75, 3.05) is 6.54 Å². The zero-order valence-corrected chi connectivity index (χ0v) is 16.5. The van der Waals surface area contributed by atoms with Gasteiger partial charge in [0.25, 0.3) is 5.91 Å². The molecule has 7 heteroatoms. The molecule has 0 atom stereocenters. The lowest BCUT2D eigenvalue weighted by molar-refractivity contribution is -0.140. The number of carbonyl (C=O) groups excluding carboxylic acids is 2. The van der Waals surface area contributed by atoms with Crippen LogP contribution >= 0.6 is 11.3 Å². The van der Waals surface area contributed by atoms with Crippen LogP contribution < -0.4 is 0 Å². The van der Waals surface area contributed by atoms with Gasteiger partial charge in [0.15, 0.2) is 0 Å². The van der Waals surface area contributed by atoms with E-state index in [1.165, 1.54) is 17.5 Å². The molecule has 0 spiro atoms. The lowest BCUT2D eigenvalue weighted by Crippen LogP contribution is -2.36. The Kier molecular flexibility index (Phi) is 4.94. The zero-order valence-electron chi connectivity index (χ0n) is 15.7. The molecular formula is C20H21N3O3S. The molecule has 1 N–H and O–H groups in total. The molecule has 0 bridgehead atoms. The Bertz CT molecular complexity index is 946. The van der Waals surface area contributed by atoms with E-state index >= 15 is 0 Å². The number of aromatic amines is 1. The Balaban J connectivity index is 2.14. The number of thiophene rings is 1. The van der Waals surface area contributed by atoms with Gasteiger partial charge < -0.3 is 14.6 Å². The first-order valence-corrected chi connectivity index (χ1v) is 9.52. The number of amides is 1. The van der Waals surface area contributed by atoms with E-state index in [-0.39, 0.29) is 17.6 Å². The number of nitrogens with one attached hydrogen (secondary N) is 1. The molecule has 1 amide bonds. The molecule has 27 heavy (non-hydrogen) atoms. The van der Waals surface area contributed by atoms with Gasteiger partial charge >= 0.3 is 5.97 Å². The molecule has 0 saturated heterocycles. The summed E-state index contributed by atoms with van der Waals surface area (Å²) in [5.41, 5.74) is 1.49. The maximum Gasteiger partial charge on any atom is 0.342 e. The molecule has 2 aromatic rings. The molecule has 0 unspecified atom stereocenters. The van der Waals surface area contributed by atoms with Crippen molar-refractivity contribution < 1.29 is 14.3 Å². The minimum absolute atomic E-state index is 0.168. The quantitative estimate of drug-likeness (QED) is 0.819. The van der Waals surface area contributed by atoms with Crippen LogP contribution in [0.3, 0.4) is 0 Å². The number of nitrogens with zero attached hydrogens (tertiary/aromatic N) is 2. The molecule has 1 aliphatic heterocycles. The first-order valence-electron chi connectivity index (χ1n) is 8.64. The number of ether oxygens (including phenoxy) is 1. The third kappa shape index (κ3) is 3.67. The molecule has 0 saturated carbocycles. The maximum atomic E-state index is 13.0. The van der Waals surface area contributed by atoms with Gasteiger partial charge in [-0.3, -0.25) is 4.79 Å². The van der Waals surface area contributed by atoms with Gasteiger partial charge in [0.1, 0.15) is 11.8 Å². The topological polar surface area (TPSA) is 86.2 Å². The molecule has 0 fully saturated rings. The lowest BCUT2D eigenvalue weighted by atomic mass is 9.83. The fourth-order valence-corrected chi connectivity index (χ4v) is 3.82. The fourth-order valence-electron chi connectivity index (χ4n) is 3.14. The van der Waals surface area contributed by atoms with Crippen molar-refractivity contribution in [1.82, 2.24) is 9.88 Å². The molecule has 3 rings (SSSR count). The number of H-pyrrole nitrogens is 1. The molecule has 140 valence electrons. The van der Waals surface area contributed by atoms with Crippen LogP contribution in [0, 0.1) is 11.3 Å². The largest absolute Gasteiger partial charge is 0.459 e. The van der Waals surface area contributed by atoms with E-state index in [2.05, 4.69) is 11.1 Å². The van der Waals surface area contributed by atoms with Crippen molar-refractivity contribution in [3.63, 3.8) is 0 Å². The Morgan fingerprint density at radius 3 is 2.74 bits per heavy atom. The van der Waals surface area contributed by atoms with Crippen molar-refractivity contribution >= 4 is 28.8 Å². The van der Waals surface area contributed by atoms with Crippen LogP contribution in [0.4, 0.5) is 0 Å². The molecule has 2 aromatic heterocycles. The van der Waals surface area contributed by atoms with Crippen LogP contribution in [0.2, 0.25) is 0 Å². The lowest BCUT2D eigenvalue weighted by Gasteiger charge is -2.28. The minimum Gasteiger partial charge on any atom is -0.459 e. The second kappa shape index (κ2) is 7.05. The number of fused-ring (bicyclic) bond motifs is 1. The molecule has 0 aromatic carbocycles. The first-order chi connectivity index (χ1) is 12.7. The summed E-state index contributed by atoms with van der Waals surface area (Å²) >= 11 is 1.36. The third-order valence-electron chi connectivity index (χ3n) is 4.34. The van der Waals surface area contributed by atoms with Crippen LogP contribution in [-0.2, 0) is 14.9 Å². The summed E-state index contributed by atoms with van der Waals surface area (Å²) in [5.74, 6) is -0.696. The van der Waals surface area contributed by atoms with Gasteiger partial charge in [-0.15, -0.1) is 11.3 Å². The summed E-state index contributed by atoms with van der Waals surface area (Å²) < 4.78 is 5.39. The number of nitriles is 1. The standard InChI is InChI=1S/C20H21N3O3S/c1-12(2)26-19(25)14-10-23(18(24)16-6-5-7-27-16)11-20(3,4)15-8-13(9-21)22-17(14)15/h5-8,10,12,22H,11H2,1-4H3. The number of carbonyl (C=O) groups is 2. The van der Waals surface area contributed by atoms with E-state index in [1.54, 1.807) is 30.9 Å². The fraction of sp³-hybridized carbons (Fsp3) is 0.350. The predicted octanol–water partition coefficient (Wildman–Crippen LogP) is 3.67. The van der Waals surface area contributed by atoms with Crippen LogP contribution in [0.25, 0.3) is 5.57 Å². The van der Waals surface area contributed by atoms with Gasteiger partial charge in [-0.05, 0) is 36.9 Å². The number of esters is 1. The summed E-state index contributed by atoms with van der Waals surface area (Å²) in [4.78, 5) is 30.9. The highest BCUT2D eigenvalue weighted by Gasteiger charge is 2.36. The van der Waals surface area contributed by atoms with Gasteiger partial charge in [-0.1, -0.05) is 19.9 Å². The smallest absolute Gasteiger partial charge is 0.342 e. The molecule has 6 nitrogen and oxygen atoms in total. The normalized spacial score (nSPS) is 15.6. The average molecular weight is 383 g/mol. The molecule has 3 heterocycles. The van der Waals surface area contributed by atoms with E-state index in [1.807, 2.05) is 25.3 Å². The van der Waals surface area contributed by atoms with Crippen LogP contribution in [0.15, 0.2) is 29.8 Å². The van der Waals surface area contributed by atoms with Gasteiger partial charge in [0, 0.05) is 18.2 Å². The number of hydrogen-bond donors (Lipinski definition) is 1. The first kappa shape index (κ1) is 18.9. The molecule has 0 radical (unpaired) electrons. The molecule has 1 aliphatic rings. The van der Waals surface area contributed by atoms with E-state index in [4.69, 9.17) is 4.74 Å². The Hall–Kier alpha value is -2.85. The predicted molar refractivity (Wildman–Crippen MR) is 103 cm³/mol. The van der Waals surface area contributed by atoms with E-state index in [0.717, 1.165) is 5.56 Å². The van der Waals surface area contributed by atoms with Crippen LogP contribution in [0.5, 0.6) is 0 Å². The number of aromatic nitrogens is 1. The van der Waals surface area contributed by atoms with Crippen LogP contribution in [-0.4, -0.2) is 34.4 Å². The summed E-state index contributed by atoms with van der Waals surface area (Å²) in [7, 11) is 0. The highest BCUT2D eigenvalue weighted by molar-refractivity contribution is 7.12. The van der Waals surface area contributed by atoms with Crippen molar-refractivity contribution in [2.45, 2.75) is 39.2 Å². The van der Waals surface area contributed by atoms with Crippen molar-refractivity contribution in [2.24, 2.45) is 0 Å².